The number of aliphatic hydroxyl groups excluding tert-OH is 1. The summed E-state index contributed by atoms with van der Waals surface area (Å²) in [7, 11) is 0. The summed E-state index contributed by atoms with van der Waals surface area (Å²) in [4.78, 5) is 10.1. The molecule has 0 fully saturated rings. The van der Waals surface area contributed by atoms with Crippen LogP contribution in [0.5, 0.6) is 0 Å². The van der Waals surface area contributed by atoms with Crippen molar-refractivity contribution in [2.24, 2.45) is 0 Å². The standard InChI is InChI=1S/C9H18O2.C4H10O/c1-2-3-4-5-6-7-8-9(10)11;1-2-3-4-5/h2-8H2,1H3,(H,10,11);5H,2-4H2,1H3. The van der Waals surface area contributed by atoms with Crippen molar-refractivity contribution in [1.29, 1.82) is 0 Å². The molecule has 0 radical (unpaired) electrons. The quantitative estimate of drug-likeness (QED) is 0.597. The summed E-state index contributed by atoms with van der Waals surface area (Å²) < 4.78 is 0. The number of hydrogen-bond acceptors (Lipinski definition) is 2. The highest BCUT2D eigenvalue weighted by atomic mass is 16.4. The molecule has 0 aliphatic carbocycles. The van der Waals surface area contributed by atoms with Gasteiger partial charge in [0.05, 0.1) is 0 Å². The zero-order valence-electron chi connectivity index (χ0n) is 10.9. The number of aliphatic carboxylic acids is 1. The van der Waals surface area contributed by atoms with Crippen molar-refractivity contribution >= 4 is 5.97 Å². The first-order valence-corrected chi connectivity index (χ1v) is 6.51. The SMILES string of the molecule is CCCCCCCCC(=O)O.CCCCO. The first-order chi connectivity index (χ1) is 7.68. The van der Waals surface area contributed by atoms with Gasteiger partial charge in [-0.05, 0) is 12.8 Å². The number of unbranched alkanes of at least 4 members (excludes halogenated alkanes) is 6. The van der Waals surface area contributed by atoms with Gasteiger partial charge in [0.2, 0.25) is 0 Å². The molecule has 0 bridgehead atoms. The van der Waals surface area contributed by atoms with Gasteiger partial charge in [-0.2, -0.15) is 0 Å². The molecule has 0 aromatic rings. The summed E-state index contributed by atoms with van der Waals surface area (Å²) in [6.45, 7) is 4.57. The van der Waals surface area contributed by atoms with Crippen molar-refractivity contribution in [3.8, 4) is 0 Å². The van der Waals surface area contributed by atoms with E-state index in [-0.39, 0.29) is 0 Å². The maximum Gasteiger partial charge on any atom is 0.303 e. The van der Waals surface area contributed by atoms with E-state index >= 15 is 0 Å². The molecule has 3 nitrogen and oxygen atoms in total. The van der Waals surface area contributed by atoms with E-state index in [1.807, 2.05) is 0 Å². The van der Waals surface area contributed by atoms with Crippen molar-refractivity contribution in [3.63, 3.8) is 0 Å². The van der Waals surface area contributed by atoms with Crippen LogP contribution in [-0.4, -0.2) is 22.8 Å². The van der Waals surface area contributed by atoms with Crippen LogP contribution in [0.25, 0.3) is 0 Å². The number of aliphatic hydroxyl groups is 1. The first kappa shape index (κ1) is 17.8. The van der Waals surface area contributed by atoms with E-state index in [1.165, 1.54) is 25.7 Å². The third-order valence-electron chi connectivity index (χ3n) is 2.26. The Morgan fingerprint density at radius 1 is 0.875 bits per heavy atom. The summed E-state index contributed by atoms with van der Waals surface area (Å²) in [5, 5.41) is 16.4. The van der Waals surface area contributed by atoms with E-state index in [0.29, 0.717) is 13.0 Å². The second kappa shape index (κ2) is 16.8. The summed E-state index contributed by atoms with van der Waals surface area (Å²) in [5.41, 5.74) is 0. The maximum atomic E-state index is 10.1. The third-order valence-corrected chi connectivity index (χ3v) is 2.26. The van der Waals surface area contributed by atoms with Crippen molar-refractivity contribution in [1.82, 2.24) is 0 Å². The van der Waals surface area contributed by atoms with Gasteiger partial charge in [0.25, 0.3) is 0 Å². The molecule has 0 aromatic carbocycles. The molecule has 0 aliphatic rings. The van der Waals surface area contributed by atoms with Gasteiger partial charge in [0.15, 0.2) is 0 Å². The van der Waals surface area contributed by atoms with Gasteiger partial charge in [-0.1, -0.05) is 52.4 Å². The van der Waals surface area contributed by atoms with Crippen LogP contribution in [0.4, 0.5) is 0 Å². The average molecular weight is 232 g/mol. The van der Waals surface area contributed by atoms with Crippen molar-refractivity contribution in [2.75, 3.05) is 6.61 Å². The molecule has 0 saturated carbocycles. The molecule has 2 N–H and O–H groups in total. The van der Waals surface area contributed by atoms with Crippen molar-refractivity contribution < 1.29 is 15.0 Å². The van der Waals surface area contributed by atoms with E-state index in [0.717, 1.165) is 25.7 Å². The topological polar surface area (TPSA) is 57.5 Å². The Morgan fingerprint density at radius 3 is 1.75 bits per heavy atom. The van der Waals surface area contributed by atoms with E-state index < -0.39 is 5.97 Å². The Kier molecular flexibility index (Phi) is 18.8. The van der Waals surface area contributed by atoms with Crippen LogP contribution in [0.1, 0.15) is 71.6 Å². The largest absolute Gasteiger partial charge is 0.481 e. The Bertz CT molecular complexity index is 133. The first-order valence-electron chi connectivity index (χ1n) is 6.51. The number of carboxylic acids is 1. The Balaban J connectivity index is 0. The normalized spacial score (nSPS) is 9.44. The van der Waals surface area contributed by atoms with Gasteiger partial charge in [0.1, 0.15) is 0 Å². The van der Waals surface area contributed by atoms with Crippen LogP contribution in [0, 0.1) is 0 Å². The minimum atomic E-state index is -0.666. The molecule has 0 atom stereocenters. The molecule has 0 unspecified atom stereocenters. The molecule has 98 valence electrons. The summed E-state index contributed by atoms with van der Waals surface area (Å²) >= 11 is 0. The monoisotopic (exact) mass is 232 g/mol. The molecule has 3 heteroatoms. The number of rotatable bonds is 9. The minimum Gasteiger partial charge on any atom is -0.481 e. The van der Waals surface area contributed by atoms with Crippen LogP contribution in [0.2, 0.25) is 0 Å². The molecule has 0 spiro atoms. The lowest BCUT2D eigenvalue weighted by molar-refractivity contribution is -0.137. The van der Waals surface area contributed by atoms with Gasteiger partial charge in [-0.25, -0.2) is 0 Å². The maximum absolute atomic E-state index is 10.1. The lowest BCUT2D eigenvalue weighted by atomic mass is 10.1. The predicted octanol–water partition coefficient (Wildman–Crippen LogP) is 3.60. The molecular formula is C13H28O3. The number of hydrogen-bond donors (Lipinski definition) is 2. The highest BCUT2D eigenvalue weighted by molar-refractivity contribution is 5.66. The van der Waals surface area contributed by atoms with Gasteiger partial charge in [-0.15, -0.1) is 0 Å². The molecule has 0 aromatic heterocycles. The lowest BCUT2D eigenvalue weighted by Crippen LogP contribution is -1.93. The molecule has 0 rings (SSSR count). The molecule has 0 aliphatic heterocycles. The van der Waals surface area contributed by atoms with E-state index in [2.05, 4.69) is 13.8 Å². The van der Waals surface area contributed by atoms with E-state index in [4.69, 9.17) is 10.2 Å². The zero-order chi connectivity index (χ0) is 12.6. The zero-order valence-corrected chi connectivity index (χ0v) is 10.9. The summed E-state index contributed by atoms with van der Waals surface area (Å²) in [6.07, 6.45) is 9.29. The summed E-state index contributed by atoms with van der Waals surface area (Å²) in [5.74, 6) is -0.666. The molecule has 0 amide bonds. The Hall–Kier alpha value is -0.570. The number of carboxylic acid groups (broad SMARTS) is 1. The Labute approximate surface area is 99.9 Å². The van der Waals surface area contributed by atoms with Gasteiger partial charge < -0.3 is 10.2 Å². The molecule has 0 heterocycles. The van der Waals surface area contributed by atoms with E-state index in [1.54, 1.807) is 0 Å². The van der Waals surface area contributed by atoms with Crippen LogP contribution >= 0.6 is 0 Å². The third kappa shape index (κ3) is 23.3. The second-order valence-electron chi connectivity index (χ2n) is 3.99. The highest BCUT2D eigenvalue weighted by Crippen LogP contribution is 2.06. The smallest absolute Gasteiger partial charge is 0.303 e. The highest BCUT2D eigenvalue weighted by Gasteiger charge is 1.95. The van der Waals surface area contributed by atoms with Gasteiger partial charge in [-0.3, -0.25) is 4.79 Å². The Morgan fingerprint density at radius 2 is 1.38 bits per heavy atom. The summed E-state index contributed by atoms with van der Waals surface area (Å²) in [6, 6.07) is 0. The fourth-order valence-electron chi connectivity index (χ4n) is 1.21. The van der Waals surface area contributed by atoms with Crippen LogP contribution < -0.4 is 0 Å². The minimum absolute atomic E-state index is 0.339. The fourth-order valence-corrected chi connectivity index (χ4v) is 1.21. The van der Waals surface area contributed by atoms with E-state index in [9.17, 15) is 4.79 Å². The van der Waals surface area contributed by atoms with Gasteiger partial charge >= 0.3 is 5.97 Å². The molecule has 0 saturated heterocycles. The molecular weight excluding hydrogens is 204 g/mol. The van der Waals surface area contributed by atoms with Crippen molar-refractivity contribution in [3.05, 3.63) is 0 Å². The van der Waals surface area contributed by atoms with Crippen molar-refractivity contribution in [2.45, 2.75) is 71.6 Å². The second-order valence-corrected chi connectivity index (χ2v) is 3.99. The average Bonchev–Trinajstić information content (AvgIpc) is 2.25. The lowest BCUT2D eigenvalue weighted by Gasteiger charge is -1.97. The number of carbonyl (C=O) groups is 1. The van der Waals surface area contributed by atoms with Crippen LogP contribution in [0.15, 0.2) is 0 Å². The molecule has 16 heavy (non-hydrogen) atoms. The van der Waals surface area contributed by atoms with Gasteiger partial charge in [0, 0.05) is 13.0 Å². The predicted molar refractivity (Wildman–Crippen MR) is 67.6 cm³/mol. The van der Waals surface area contributed by atoms with Crippen LogP contribution in [0.3, 0.4) is 0 Å². The fraction of sp³-hybridized carbons (Fsp3) is 0.923. The van der Waals surface area contributed by atoms with Crippen LogP contribution in [-0.2, 0) is 4.79 Å².